The number of amides is 1. The normalized spacial score (nSPS) is 26.4. The summed E-state index contributed by atoms with van der Waals surface area (Å²) in [6.45, 7) is 2.36. The van der Waals surface area contributed by atoms with Gasteiger partial charge in [-0.2, -0.15) is 0 Å². The van der Waals surface area contributed by atoms with Crippen molar-refractivity contribution in [1.29, 1.82) is 0 Å². The molecule has 27 heavy (non-hydrogen) atoms. The summed E-state index contributed by atoms with van der Waals surface area (Å²) >= 11 is 0. The van der Waals surface area contributed by atoms with Crippen LogP contribution in [0, 0.1) is 0 Å². The lowest BCUT2D eigenvalue weighted by atomic mass is 10.0. The molecule has 4 heterocycles. The highest BCUT2D eigenvalue weighted by Gasteiger charge is 2.41. The summed E-state index contributed by atoms with van der Waals surface area (Å²) in [6.07, 6.45) is 4.92. The largest absolute Gasteiger partial charge is 0.347 e. The first-order valence-electron chi connectivity index (χ1n) is 9.20. The lowest BCUT2D eigenvalue weighted by Crippen LogP contribution is -2.47. The molecule has 3 saturated heterocycles. The van der Waals surface area contributed by atoms with Crippen LogP contribution in [0.3, 0.4) is 0 Å². The minimum absolute atomic E-state index is 0.111. The second-order valence-electron chi connectivity index (χ2n) is 7.34. The fourth-order valence-electron chi connectivity index (χ4n) is 3.88. The molecule has 1 spiro atoms. The van der Waals surface area contributed by atoms with Crippen molar-refractivity contribution in [3.63, 3.8) is 0 Å². The molecule has 1 unspecified atom stereocenters. The molecular weight excluding hydrogens is 372 g/mol. The van der Waals surface area contributed by atoms with Crippen LogP contribution in [0.1, 0.15) is 29.6 Å². The summed E-state index contributed by atoms with van der Waals surface area (Å²) < 4.78 is 34.7. The number of rotatable bonds is 3. The summed E-state index contributed by atoms with van der Waals surface area (Å²) in [7, 11) is -1.19. The van der Waals surface area contributed by atoms with Gasteiger partial charge in [-0.25, -0.2) is 18.4 Å². The average molecular weight is 396 g/mol. The van der Waals surface area contributed by atoms with Gasteiger partial charge < -0.3 is 19.3 Å². The van der Waals surface area contributed by atoms with Crippen molar-refractivity contribution in [2.24, 2.45) is 0 Å². The van der Waals surface area contributed by atoms with Crippen LogP contribution in [-0.4, -0.2) is 85.9 Å². The fraction of sp³-hybridized carbons (Fsp3) is 0.706. The number of likely N-dealkylation sites (tertiary alicyclic amines) is 1. The Balaban J connectivity index is 1.38. The lowest BCUT2D eigenvalue weighted by molar-refractivity contribution is -0.181. The molecule has 3 fully saturated rings. The molecule has 0 aromatic carbocycles. The Morgan fingerprint density at radius 3 is 2.41 bits per heavy atom. The number of anilines is 1. The molecule has 9 nitrogen and oxygen atoms in total. The van der Waals surface area contributed by atoms with E-state index in [1.165, 1.54) is 12.4 Å². The third-order valence-electron chi connectivity index (χ3n) is 5.58. The summed E-state index contributed by atoms with van der Waals surface area (Å²) in [4.78, 5) is 24.8. The minimum atomic E-state index is -2.97. The lowest BCUT2D eigenvalue weighted by Gasteiger charge is -2.37. The molecule has 1 aromatic rings. The zero-order chi connectivity index (χ0) is 19.1. The molecule has 0 N–H and O–H groups in total. The van der Waals surface area contributed by atoms with Gasteiger partial charge in [0.25, 0.3) is 5.91 Å². The van der Waals surface area contributed by atoms with Crippen LogP contribution in [0.25, 0.3) is 0 Å². The van der Waals surface area contributed by atoms with Gasteiger partial charge in [-0.3, -0.25) is 4.79 Å². The molecule has 4 rings (SSSR count). The van der Waals surface area contributed by atoms with Crippen LogP contribution in [0.5, 0.6) is 0 Å². The van der Waals surface area contributed by atoms with E-state index >= 15 is 0 Å². The molecule has 0 aliphatic carbocycles. The van der Waals surface area contributed by atoms with Gasteiger partial charge in [0.05, 0.1) is 30.3 Å². The first kappa shape index (κ1) is 18.6. The maximum absolute atomic E-state index is 12.7. The highest BCUT2D eigenvalue weighted by atomic mass is 32.2. The zero-order valence-corrected chi connectivity index (χ0v) is 16.2. The summed E-state index contributed by atoms with van der Waals surface area (Å²) in [5.41, 5.74) is 0.426. The van der Waals surface area contributed by atoms with E-state index in [9.17, 15) is 13.2 Å². The van der Waals surface area contributed by atoms with Crippen LogP contribution in [-0.2, 0) is 19.3 Å². The summed E-state index contributed by atoms with van der Waals surface area (Å²) in [5, 5.41) is 0. The van der Waals surface area contributed by atoms with Gasteiger partial charge in [-0.05, 0) is 6.42 Å². The van der Waals surface area contributed by atoms with Crippen molar-refractivity contribution in [3.8, 4) is 0 Å². The Hall–Kier alpha value is -1.78. The predicted octanol–water partition coefficient (Wildman–Crippen LogP) is 0.0790. The first-order chi connectivity index (χ1) is 12.9. The van der Waals surface area contributed by atoms with Crippen molar-refractivity contribution in [1.82, 2.24) is 14.9 Å². The number of aromatic nitrogens is 2. The third kappa shape index (κ3) is 3.78. The number of sulfone groups is 1. The van der Waals surface area contributed by atoms with Gasteiger partial charge in [-0.1, -0.05) is 0 Å². The molecule has 10 heteroatoms. The van der Waals surface area contributed by atoms with Crippen molar-refractivity contribution in [2.45, 2.75) is 31.1 Å². The Bertz CT molecular complexity index is 797. The van der Waals surface area contributed by atoms with E-state index in [0.29, 0.717) is 57.1 Å². The number of hydrogen-bond donors (Lipinski definition) is 0. The Morgan fingerprint density at radius 2 is 1.85 bits per heavy atom. The van der Waals surface area contributed by atoms with Crippen LogP contribution in [0.2, 0.25) is 0 Å². The fourth-order valence-corrected chi connectivity index (χ4v) is 5.65. The van der Waals surface area contributed by atoms with Crippen molar-refractivity contribution < 1.29 is 22.7 Å². The topological polar surface area (TPSA) is 102 Å². The molecule has 3 aliphatic heterocycles. The number of piperidine rings is 1. The van der Waals surface area contributed by atoms with Crippen molar-refractivity contribution in [2.75, 3.05) is 49.8 Å². The number of carbonyl (C=O) groups excluding carboxylic acids is 1. The van der Waals surface area contributed by atoms with Gasteiger partial charge in [0.1, 0.15) is 0 Å². The second kappa shape index (κ2) is 6.99. The first-order valence-corrected chi connectivity index (χ1v) is 11.0. The Morgan fingerprint density at radius 1 is 1.22 bits per heavy atom. The maximum atomic E-state index is 12.7. The Kier molecular flexibility index (Phi) is 4.81. The van der Waals surface area contributed by atoms with Gasteiger partial charge in [0.2, 0.25) is 5.95 Å². The summed E-state index contributed by atoms with van der Waals surface area (Å²) in [6, 6.07) is -0.124. The molecule has 1 amide bonds. The van der Waals surface area contributed by atoms with E-state index < -0.39 is 15.6 Å². The van der Waals surface area contributed by atoms with E-state index in [-0.39, 0.29) is 23.5 Å². The van der Waals surface area contributed by atoms with Gasteiger partial charge in [0, 0.05) is 51.4 Å². The molecule has 0 bridgehead atoms. The number of hydrogen-bond acceptors (Lipinski definition) is 8. The van der Waals surface area contributed by atoms with Crippen molar-refractivity contribution >= 4 is 21.7 Å². The monoisotopic (exact) mass is 396 g/mol. The number of nitrogens with zero attached hydrogens (tertiary/aromatic N) is 4. The van der Waals surface area contributed by atoms with E-state index in [2.05, 4.69) is 9.97 Å². The molecule has 148 valence electrons. The molecule has 3 aliphatic rings. The molecule has 0 saturated carbocycles. The molecule has 0 radical (unpaired) electrons. The molecular formula is C17H24N4O5S. The zero-order valence-electron chi connectivity index (χ0n) is 15.3. The van der Waals surface area contributed by atoms with Gasteiger partial charge >= 0.3 is 0 Å². The van der Waals surface area contributed by atoms with Gasteiger partial charge in [0.15, 0.2) is 15.6 Å². The number of carbonyl (C=O) groups is 1. The van der Waals surface area contributed by atoms with Crippen LogP contribution >= 0.6 is 0 Å². The predicted molar refractivity (Wildman–Crippen MR) is 97.3 cm³/mol. The van der Waals surface area contributed by atoms with Crippen LogP contribution in [0.4, 0.5) is 5.95 Å². The smallest absolute Gasteiger partial charge is 0.256 e. The van der Waals surface area contributed by atoms with E-state index in [0.717, 1.165) is 0 Å². The van der Waals surface area contributed by atoms with Crippen molar-refractivity contribution in [3.05, 3.63) is 18.0 Å². The van der Waals surface area contributed by atoms with Crippen LogP contribution in [0.15, 0.2) is 12.4 Å². The molecule has 1 aromatic heterocycles. The Labute approximate surface area is 158 Å². The second-order valence-corrected chi connectivity index (χ2v) is 9.57. The SMILES string of the molecule is CN(c1ncc(C(=O)N2CCC3(CC2)OCCO3)cn1)C1CCS(=O)(=O)C1. The van der Waals surface area contributed by atoms with Gasteiger partial charge in [-0.15, -0.1) is 0 Å². The highest BCUT2D eigenvalue weighted by Crippen LogP contribution is 2.31. The summed E-state index contributed by atoms with van der Waals surface area (Å²) in [5.74, 6) is 0.122. The van der Waals surface area contributed by atoms with E-state index in [4.69, 9.17) is 9.47 Å². The van der Waals surface area contributed by atoms with E-state index in [1.807, 2.05) is 0 Å². The maximum Gasteiger partial charge on any atom is 0.256 e. The quantitative estimate of drug-likeness (QED) is 0.708. The van der Waals surface area contributed by atoms with E-state index in [1.54, 1.807) is 16.8 Å². The minimum Gasteiger partial charge on any atom is -0.347 e. The standard InChI is InChI=1S/C17H24N4O5S/c1-20(14-2-9-27(23,24)12-14)16-18-10-13(11-19-16)15(22)21-5-3-17(4-6-21)25-7-8-26-17/h10-11,14H,2-9,12H2,1H3. The third-order valence-corrected chi connectivity index (χ3v) is 7.33. The highest BCUT2D eigenvalue weighted by molar-refractivity contribution is 7.91. The number of ether oxygens (including phenoxy) is 2. The molecule has 1 atom stereocenters. The van der Waals surface area contributed by atoms with Crippen LogP contribution < -0.4 is 4.90 Å². The average Bonchev–Trinajstić information content (AvgIpc) is 3.28.